The number of carbonyl (C=O) groups excluding carboxylic acids is 1. The minimum atomic E-state index is 0.249. The molecule has 1 amide bonds. The number of hydrogen-bond donors (Lipinski definition) is 1. The topological polar surface area (TPSA) is 29.1 Å². The maximum atomic E-state index is 11.6. The van der Waals surface area contributed by atoms with Crippen LogP contribution in [0.25, 0.3) is 0 Å². The van der Waals surface area contributed by atoms with Crippen LogP contribution < -0.4 is 5.32 Å². The van der Waals surface area contributed by atoms with Gasteiger partial charge in [-0.3, -0.25) is 4.79 Å². The van der Waals surface area contributed by atoms with Gasteiger partial charge in [-0.15, -0.1) is 0 Å². The molecule has 0 aromatic rings. The van der Waals surface area contributed by atoms with E-state index in [0.717, 1.165) is 18.8 Å². The Morgan fingerprint density at radius 2 is 2.15 bits per heavy atom. The molecule has 2 nitrogen and oxygen atoms in total. The van der Waals surface area contributed by atoms with Crippen molar-refractivity contribution in [2.45, 2.75) is 39.5 Å². The Morgan fingerprint density at radius 1 is 1.46 bits per heavy atom. The van der Waals surface area contributed by atoms with Crippen LogP contribution in [0.5, 0.6) is 0 Å². The molecule has 2 heteroatoms. The van der Waals surface area contributed by atoms with Gasteiger partial charge in [0.15, 0.2) is 0 Å². The van der Waals surface area contributed by atoms with Crippen LogP contribution in [0.15, 0.2) is 0 Å². The van der Waals surface area contributed by atoms with E-state index in [1.165, 1.54) is 12.8 Å². The summed E-state index contributed by atoms with van der Waals surface area (Å²) < 4.78 is 0. The SMILES string of the molecule is CC[C@@H]1CC[C@@H](C)C[C@H]1C(=O)NC. The minimum absolute atomic E-state index is 0.249. The highest BCUT2D eigenvalue weighted by molar-refractivity contribution is 5.78. The molecule has 1 aliphatic carbocycles. The minimum Gasteiger partial charge on any atom is -0.359 e. The third-order valence-electron chi connectivity index (χ3n) is 3.36. The fourth-order valence-electron chi connectivity index (χ4n) is 2.44. The quantitative estimate of drug-likeness (QED) is 0.698. The third kappa shape index (κ3) is 2.45. The molecule has 0 unspecified atom stereocenters. The number of rotatable bonds is 2. The molecule has 1 N–H and O–H groups in total. The highest BCUT2D eigenvalue weighted by Gasteiger charge is 2.31. The fraction of sp³-hybridized carbons (Fsp3) is 0.909. The summed E-state index contributed by atoms with van der Waals surface area (Å²) >= 11 is 0. The van der Waals surface area contributed by atoms with Crippen LogP contribution in [0, 0.1) is 17.8 Å². The Hall–Kier alpha value is -0.530. The van der Waals surface area contributed by atoms with Crippen LogP contribution >= 0.6 is 0 Å². The Bertz CT molecular complexity index is 179. The summed E-state index contributed by atoms with van der Waals surface area (Å²) in [5, 5.41) is 2.78. The van der Waals surface area contributed by atoms with Crippen molar-refractivity contribution < 1.29 is 4.79 Å². The van der Waals surface area contributed by atoms with Crippen molar-refractivity contribution in [2.75, 3.05) is 7.05 Å². The van der Waals surface area contributed by atoms with Crippen LogP contribution in [0.2, 0.25) is 0 Å². The highest BCUT2D eigenvalue weighted by atomic mass is 16.1. The molecule has 0 aromatic carbocycles. The zero-order chi connectivity index (χ0) is 9.84. The van der Waals surface area contributed by atoms with E-state index >= 15 is 0 Å². The Balaban J connectivity index is 2.59. The molecule has 0 radical (unpaired) electrons. The van der Waals surface area contributed by atoms with Gasteiger partial charge in [0, 0.05) is 13.0 Å². The zero-order valence-corrected chi connectivity index (χ0v) is 8.97. The molecule has 0 heterocycles. The first-order valence-corrected chi connectivity index (χ1v) is 5.40. The van der Waals surface area contributed by atoms with Crippen LogP contribution in [-0.2, 0) is 4.79 Å². The highest BCUT2D eigenvalue weighted by Crippen LogP contribution is 2.35. The van der Waals surface area contributed by atoms with Crippen LogP contribution in [0.4, 0.5) is 0 Å². The molecule has 0 aromatic heterocycles. The van der Waals surface area contributed by atoms with E-state index in [2.05, 4.69) is 19.2 Å². The van der Waals surface area contributed by atoms with Gasteiger partial charge in [-0.2, -0.15) is 0 Å². The summed E-state index contributed by atoms with van der Waals surface area (Å²) in [4.78, 5) is 11.6. The van der Waals surface area contributed by atoms with Gasteiger partial charge in [0.05, 0.1) is 0 Å². The summed E-state index contributed by atoms with van der Waals surface area (Å²) in [7, 11) is 1.74. The molecule has 1 rings (SSSR count). The smallest absolute Gasteiger partial charge is 0.223 e. The normalized spacial score (nSPS) is 34.2. The second-order valence-corrected chi connectivity index (χ2v) is 4.31. The number of amides is 1. The molecule has 0 saturated heterocycles. The van der Waals surface area contributed by atoms with Crippen molar-refractivity contribution in [3.63, 3.8) is 0 Å². The van der Waals surface area contributed by atoms with Gasteiger partial charge < -0.3 is 5.32 Å². The monoisotopic (exact) mass is 183 g/mol. The van der Waals surface area contributed by atoms with Crippen molar-refractivity contribution in [2.24, 2.45) is 17.8 Å². The van der Waals surface area contributed by atoms with Gasteiger partial charge in [0.1, 0.15) is 0 Å². The molecule has 0 bridgehead atoms. The van der Waals surface area contributed by atoms with E-state index < -0.39 is 0 Å². The van der Waals surface area contributed by atoms with Crippen LogP contribution in [-0.4, -0.2) is 13.0 Å². The molecule has 1 saturated carbocycles. The van der Waals surface area contributed by atoms with Crippen molar-refractivity contribution in [3.05, 3.63) is 0 Å². The summed E-state index contributed by atoms with van der Waals surface area (Å²) in [5.74, 6) is 1.87. The van der Waals surface area contributed by atoms with E-state index in [4.69, 9.17) is 0 Å². The van der Waals surface area contributed by atoms with Crippen LogP contribution in [0.1, 0.15) is 39.5 Å². The average Bonchev–Trinajstić information content (AvgIpc) is 2.16. The summed E-state index contributed by atoms with van der Waals surface area (Å²) in [6.45, 7) is 4.44. The van der Waals surface area contributed by atoms with E-state index in [1.54, 1.807) is 7.05 Å². The summed E-state index contributed by atoms with van der Waals surface area (Å²) in [6.07, 6.45) is 4.75. The first kappa shape index (κ1) is 10.6. The first-order chi connectivity index (χ1) is 6.19. The van der Waals surface area contributed by atoms with Gasteiger partial charge in [0.25, 0.3) is 0 Å². The Morgan fingerprint density at radius 3 is 2.69 bits per heavy atom. The second kappa shape index (κ2) is 4.64. The molecule has 3 atom stereocenters. The van der Waals surface area contributed by atoms with Gasteiger partial charge in [-0.25, -0.2) is 0 Å². The van der Waals surface area contributed by atoms with E-state index in [0.29, 0.717) is 5.92 Å². The van der Waals surface area contributed by atoms with Crippen molar-refractivity contribution in [3.8, 4) is 0 Å². The lowest BCUT2D eigenvalue weighted by Gasteiger charge is -2.33. The van der Waals surface area contributed by atoms with Gasteiger partial charge >= 0.3 is 0 Å². The Kier molecular flexibility index (Phi) is 3.76. The van der Waals surface area contributed by atoms with Crippen molar-refractivity contribution in [1.29, 1.82) is 0 Å². The number of carbonyl (C=O) groups is 1. The molecule has 0 spiro atoms. The van der Waals surface area contributed by atoms with E-state index in [9.17, 15) is 4.79 Å². The summed E-state index contributed by atoms with van der Waals surface area (Å²) in [5.41, 5.74) is 0. The van der Waals surface area contributed by atoms with Crippen LogP contribution in [0.3, 0.4) is 0 Å². The fourth-order valence-corrected chi connectivity index (χ4v) is 2.44. The lowest BCUT2D eigenvalue weighted by molar-refractivity contribution is -0.127. The molecule has 1 aliphatic rings. The maximum Gasteiger partial charge on any atom is 0.223 e. The lowest BCUT2D eigenvalue weighted by atomic mass is 9.73. The molecule has 13 heavy (non-hydrogen) atoms. The van der Waals surface area contributed by atoms with Gasteiger partial charge in [-0.1, -0.05) is 26.7 Å². The van der Waals surface area contributed by atoms with Crippen molar-refractivity contribution >= 4 is 5.91 Å². The number of nitrogens with one attached hydrogen (secondary N) is 1. The first-order valence-electron chi connectivity index (χ1n) is 5.40. The second-order valence-electron chi connectivity index (χ2n) is 4.31. The lowest BCUT2D eigenvalue weighted by Crippen LogP contribution is -2.36. The maximum absolute atomic E-state index is 11.6. The third-order valence-corrected chi connectivity index (χ3v) is 3.36. The van der Waals surface area contributed by atoms with Crippen molar-refractivity contribution in [1.82, 2.24) is 5.32 Å². The predicted octanol–water partition coefficient (Wildman–Crippen LogP) is 2.19. The van der Waals surface area contributed by atoms with Gasteiger partial charge in [0.2, 0.25) is 5.91 Å². The summed E-state index contributed by atoms with van der Waals surface area (Å²) in [6, 6.07) is 0. The molecular weight excluding hydrogens is 162 g/mol. The molecule has 0 aliphatic heterocycles. The molecule has 1 fully saturated rings. The Labute approximate surface area is 81.1 Å². The van der Waals surface area contributed by atoms with Gasteiger partial charge in [-0.05, 0) is 24.7 Å². The van der Waals surface area contributed by atoms with E-state index in [-0.39, 0.29) is 11.8 Å². The average molecular weight is 183 g/mol. The predicted molar refractivity (Wildman–Crippen MR) is 54.4 cm³/mol. The standard InChI is InChI=1S/C11H21NO/c1-4-9-6-5-8(2)7-10(9)11(13)12-3/h8-10H,4-7H2,1-3H3,(H,12,13)/t8-,9-,10-/m1/s1. The molecular formula is C11H21NO. The number of hydrogen-bond acceptors (Lipinski definition) is 1. The largest absolute Gasteiger partial charge is 0.359 e. The van der Waals surface area contributed by atoms with E-state index in [1.807, 2.05) is 0 Å². The zero-order valence-electron chi connectivity index (χ0n) is 8.97. The molecule has 76 valence electrons.